The molecule has 2 nitrogen and oxygen atoms in total. The van der Waals surface area contributed by atoms with E-state index in [0.29, 0.717) is 5.56 Å². The minimum atomic E-state index is 0.670. The molecule has 4 aromatic carbocycles. The van der Waals surface area contributed by atoms with Gasteiger partial charge in [-0.3, -0.25) is 4.79 Å². The second-order valence-electron chi connectivity index (χ2n) is 8.10. The van der Waals surface area contributed by atoms with Crippen molar-refractivity contribution in [2.24, 2.45) is 0 Å². The van der Waals surface area contributed by atoms with Gasteiger partial charge in [0.1, 0.15) is 6.29 Å². The highest BCUT2D eigenvalue weighted by Crippen LogP contribution is 2.34. The topological polar surface area (TPSA) is 20.3 Å². The van der Waals surface area contributed by atoms with E-state index in [9.17, 15) is 4.79 Å². The number of aryl methyl sites for hydroxylation is 3. The lowest BCUT2D eigenvalue weighted by molar-refractivity contribution is 0.112. The van der Waals surface area contributed by atoms with E-state index in [1.807, 2.05) is 42.5 Å². The van der Waals surface area contributed by atoms with Crippen LogP contribution in [0.15, 0.2) is 91.0 Å². The summed E-state index contributed by atoms with van der Waals surface area (Å²) < 4.78 is 0. The van der Waals surface area contributed by atoms with Crippen molar-refractivity contribution < 1.29 is 4.79 Å². The molecular formula is C30H27NO. The zero-order valence-electron chi connectivity index (χ0n) is 18.7. The number of benzene rings is 4. The predicted molar refractivity (Wildman–Crippen MR) is 136 cm³/mol. The Morgan fingerprint density at radius 1 is 0.562 bits per heavy atom. The van der Waals surface area contributed by atoms with E-state index in [4.69, 9.17) is 0 Å². The van der Waals surface area contributed by atoms with Gasteiger partial charge in [-0.25, -0.2) is 0 Å². The molecule has 0 spiro atoms. The molecule has 0 aliphatic rings. The average Bonchev–Trinajstić information content (AvgIpc) is 2.83. The molecule has 0 radical (unpaired) electrons. The van der Waals surface area contributed by atoms with Crippen molar-refractivity contribution in [2.75, 3.05) is 4.90 Å². The number of aldehydes is 1. The summed E-state index contributed by atoms with van der Waals surface area (Å²) in [5, 5.41) is 0. The third-order valence-electron chi connectivity index (χ3n) is 5.79. The Hall–Kier alpha value is -3.91. The molecule has 4 rings (SSSR count). The van der Waals surface area contributed by atoms with E-state index in [0.717, 1.165) is 28.9 Å². The Morgan fingerprint density at radius 3 is 1.69 bits per heavy atom. The van der Waals surface area contributed by atoms with E-state index in [1.165, 1.54) is 22.3 Å². The zero-order valence-corrected chi connectivity index (χ0v) is 18.7. The van der Waals surface area contributed by atoms with Crippen LogP contribution in [0.4, 0.5) is 17.1 Å². The zero-order chi connectivity index (χ0) is 22.5. The molecule has 2 heteroatoms. The number of rotatable bonds is 6. The number of nitrogens with zero attached hydrogens (tertiary/aromatic N) is 1. The molecule has 4 aromatic rings. The first-order valence-electron chi connectivity index (χ1n) is 10.8. The maximum absolute atomic E-state index is 11.1. The van der Waals surface area contributed by atoms with Crippen LogP contribution < -0.4 is 4.90 Å². The largest absolute Gasteiger partial charge is 0.311 e. The van der Waals surface area contributed by atoms with Gasteiger partial charge in [0.2, 0.25) is 0 Å². The first-order chi connectivity index (χ1) is 15.5. The summed E-state index contributed by atoms with van der Waals surface area (Å²) >= 11 is 0. The van der Waals surface area contributed by atoms with Crippen LogP contribution in [0.25, 0.3) is 12.2 Å². The summed E-state index contributed by atoms with van der Waals surface area (Å²) in [6.07, 6.45) is 5.21. The lowest BCUT2D eigenvalue weighted by Crippen LogP contribution is -2.09. The Labute approximate surface area is 190 Å². The molecule has 0 aliphatic heterocycles. The number of carbonyl (C=O) groups excluding carboxylic acids is 1. The highest BCUT2D eigenvalue weighted by Gasteiger charge is 2.12. The summed E-state index contributed by atoms with van der Waals surface area (Å²) in [6.45, 7) is 6.46. The van der Waals surface area contributed by atoms with Crippen LogP contribution in [-0.2, 0) is 0 Å². The summed E-state index contributed by atoms with van der Waals surface area (Å²) in [4.78, 5) is 13.3. The highest BCUT2D eigenvalue weighted by atomic mass is 16.1. The number of hydrogen-bond acceptors (Lipinski definition) is 2. The number of anilines is 3. The van der Waals surface area contributed by atoms with Gasteiger partial charge in [0.15, 0.2) is 0 Å². The minimum absolute atomic E-state index is 0.670. The van der Waals surface area contributed by atoms with Crippen LogP contribution >= 0.6 is 0 Å². The van der Waals surface area contributed by atoms with Crippen molar-refractivity contribution in [2.45, 2.75) is 20.8 Å². The number of para-hydroxylation sites is 1. The van der Waals surface area contributed by atoms with Crippen LogP contribution in [0.3, 0.4) is 0 Å². The molecule has 32 heavy (non-hydrogen) atoms. The van der Waals surface area contributed by atoms with Gasteiger partial charge in [0.25, 0.3) is 0 Å². The number of carbonyl (C=O) groups is 1. The Bertz CT molecular complexity index is 1240. The highest BCUT2D eigenvalue weighted by molar-refractivity contribution is 5.81. The quantitative estimate of drug-likeness (QED) is 0.233. The predicted octanol–water partition coefficient (Wildman–Crippen LogP) is 8.06. The van der Waals surface area contributed by atoms with Gasteiger partial charge >= 0.3 is 0 Å². The van der Waals surface area contributed by atoms with Gasteiger partial charge in [0.05, 0.1) is 0 Å². The van der Waals surface area contributed by atoms with Crippen LogP contribution in [0.5, 0.6) is 0 Å². The fraction of sp³-hybridized carbons (Fsp3) is 0.100. The lowest BCUT2D eigenvalue weighted by Gasteiger charge is -2.25. The molecule has 0 saturated carbocycles. The van der Waals surface area contributed by atoms with E-state index in [2.05, 4.69) is 86.4 Å². The van der Waals surface area contributed by atoms with E-state index >= 15 is 0 Å². The van der Waals surface area contributed by atoms with Crippen molar-refractivity contribution in [1.29, 1.82) is 0 Å². The molecular weight excluding hydrogens is 390 g/mol. The van der Waals surface area contributed by atoms with Gasteiger partial charge in [-0.2, -0.15) is 0 Å². The summed E-state index contributed by atoms with van der Waals surface area (Å²) in [6, 6.07) is 30.9. The van der Waals surface area contributed by atoms with Crippen LogP contribution in [0, 0.1) is 20.8 Å². The van der Waals surface area contributed by atoms with Gasteiger partial charge in [-0.05, 0) is 97.1 Å². The van der Waals surface area contributed by atoms with Gasteiger partial charge in [-0.1, -0.05) is 54.6 Å². The molecule has 0 saturated heterocycles. The maximum Gasteiger partial charge on any atom is 0.150 e. The molecule has 0 atom stereocenters. The van der Waals surface area contributed by atoms with E-state index < -0.39 is 0 Å². The molecule has 0 heterocycles. The molecule has 0 aromatic heterocycles. The third kappa shape index (κ3) is 4.70. The molecule has 0 fully saturated rings. The van der Waals surface area contributed by atoms with Crippen molar-refractivity contribution in [3.05, 3.63) is 124 Å². The standard InChI is InChI=1S/C30H27NO/c1-22-19-24(3)27(20-23(22)2)14-9-25-10-15-29(16-11-25)31(28-7-5-4-6-8-28)30-17-12-26(21-32)13-18-30/h4-21H,1-3H3/b14-9+. The van der Waals surface area contributed by atoms with Gasteiger partial charge in [-0.15, -0.1) is 0 Å². The maximum atomic E-state index is 11.1. The second-order valence-corrected chi connectivity index (χ2v) is 8.10. The molecule has 0 amide bonds. The second kappa shape index (κ2) is 9.49. The summed E-state index contributed by atoms with van der Waals surface area (Å²) in [5.41, 5.74) is 10.1. The third-order valence-corrected chi connectivity index (χ3v) is 5.79. The molecule has 0 bridgehead atoms. The normalized spacial score (nSPS) is 11.0. The fourth-order valence-electron chi connectivity index (χ4n) is 3.81. The molecule has 0 unspecified atom stereocenters. The number of hydrogen-bond donors (Lipinski definition) is 0. The Morgan fingerprint density at radius 2 is 1.09 bits per heavy atom. The monoisotopic (exact) mass is 417 g/mol. The molecule has 0 aliphatic carbocycles. The van der Waals surface area contributed by atoms with Crippen LogP contribution in [0.1, 0.15) is 38.2 Å². The first-order valence-corrected chi connectivity index (χ1v) is 10.8. The average molecular weight is 418 g/mol. The fourth-order valence-corrected chi connectivity index (χ4v) is 3.81. The molecule has 0 N–H and O–H groups in total. The molecule has 158 valence electrons. The minimum Gasteiger partial charge on any atom is -0.311 e. The van der Waals surface area contributed by atoms with Crippen molar-refractivity contribution in [3.63, 3.8) is 0 Å². The van der Waals surface area contributed by atoms with E-state index in [1.54, 1.807) is 0 Å². The van der Waals surface area contributed by atoms with Crippen molar-refractivity contribution >= 4 is 35.5 Å². The van der Waals surface area contributed by atoms with Crippen LogP contribution in [0.2, 0.25) is 0 Å². The Balaban J connectivity index is 1.65. The van der Waals surface area contributed by atoms with Crippen molar-refractivity contribution in [3.8, 4) is 0 Å². The SMILES string of the molecule is Cc1cc(C)c(/C=C/c2ccc(N(c3ccccc3)c3ccc(C=O)cc3)cc2)cc1C. The first kappa shape index (κ1) is 21.3. The summed E-state index contributed by atoms with van der Waals surface area (Å²) in [5.74, 6) is 0. The van der Waals surface area contributed by atoms with Gasteiger partial charge in [0, 0.05) is 22.6 Å². The van der Waals surface area contributed by atoms with Crippen LogP contribution in [-0.4, -0.2) is 6.29 Å². The van der Waals surface area contributed by atoms with E-state index in [-0.39, 0.29) is 0 Å². The smallest absolute Gasteiger partial charge is 0.150 e. The lowest BCUT2D eigenvalue weighted by atomic mass is 10.00. The Kier molecular flexibility index (Phi) is 6.32. The van der Waals surface area contributed by atoms with Crippen molar-refractivity contribution in [1.82, 2.24) is 0 Å². The van der Waals surface area contributed by atoms with Gasteiger partial charge < -0.3 is 4.90 Å². The summed E-state index contributed by atoms with van der Waals surface area (Å²) in [7, 11) is 0.